The average Bonchev–Trinajstić information content (AvgIpc) is 3.45. The van der Waals surface area contributed by atoms with Gasteiger partial charge in [-0.05, 0) is 42.9 Å². The van der Waals surface area contributed by atoms with Crippen molar-refractivity contribution in [3.63, 3.8) is 0 Å². The molecule has 0 heterocycles. The molecule has 6 rings (SSSR count). The highest BCUT2D eigenvalue weighted by Gasteiger charge is 2.59. The summed E-state index contributed by atoms with van der Waals surface area (Å²) >= 11 is 0. The maximum Gasteiger partial charge on any atom is 0.0764 e. The molecule has 26 heavy (non-hydrogen) atoms. The largest absolute Gasteiger partial charge is 0.395 e. The fraction of sp³-hybridized carbons (Fsp3) is 0.652. The van der Waals surface area contributed by atoms with Crippen LogP contribution >= 0.6 is 0 Å². The molecule has 0 radical (unpaired) electrons. The van der Waals surface area contributed by atoms with Crippen molar-refractivity contribution >= 4 is 0 Å². The second-order valence-corrected chi connectivity index (χ2v) is 9.27. The molecular weight excluding hydrogens is 324 g/mol. The molecule has 0 aliphatic heterocycles. The smallest absolute Gasteiger partial charge is 0.0764 e. The zero-order valence-corrected chi connectivity index (χ0v) is 15.4. The van der Waals surface area contributed by atoms with E-state index in [1.165, 1.54) is 12.8 Å². The first kappa shape index (κ1) is 17.0. The molecule has 0 aromatic heterocycles. The first-order chi connectivity index (χ1) is 12.6. The Bertz CT molecular complexity index is 646. The third-order valence-electron chi connectivity index (χ3n) is 8.61. The number of hydrogen-bond donors (Lipinski definition) is 3. The summed E-state index contributed by atoms with van der Waals surface area (Å²) in [5.74, 6) is 3.04. The van der Waals surface area contributed by atoms with E-state index in [2.05, 4.69) is 37.3 Å². The number of allylic oxidation sites excluding steroid dienone is 5. The number of hydrogen-bond acceptors (Lipinski definition) is 3. The molecule has 6 aliphatic rings. The number of rotatable bonds is 2. The fourth-order valence-corrected chi connectivity index (χ4v) is 7.37. The van der Waals surface area contributed by atoms with E-state index < -0.39 is 0 Å². The molecule has 3 N–H and O–H groups in total. The van der Waals surface area contributed by atoms with Crippen LogP contribution in [0.1, 0.15) is 26.2 Å². The molecule has 10 atom stereocenters. The van der Waals surface area contributed by atoms with Gasteiger partial charge >= 0.3 is 0 Å². The molecule has 140 valence electrons. The van der Waals surface area contributed by atoms with Crippen LogP contribution in [0.25, 0.3) is 0 Å². The van der Waals surface area contributed by atoms with Gasteiger partial charge < -0.3 is 15.3 Å². The van der Waals surface area contributed by atoms with Crippen LogP contribution in [0.15, 0.2) is 48.6 Å². The summed E-state index contributed by atoms with van der Waals surface area (Å²) in [6, 6.07) is 0. The van der Waals surface area contributed by atoms with Crippen molar-refractivity contribution in [2.24, 2.45) is 46.3 Å². The van der Waals surface area contributed by atoms with Crippen LogP contribution in [-0.4, -0.2) is 34.1 Å². The monoisotopic (exact) mass is 354 g/mol. The Morgan fingerprint density at radius 2 is 1.27 bits per heavy atom. The van der Waals surface area contributed by atoms with Gasteiger partial charge in [-0.3, -0.25) is 0 Å². The molecule has 6 unspecified atom stereocenters. The molecular formula is C23H30O3. The normalized spacial score (nSPS) is 56.2. The second-order valence-electron chi connectivity index (χ2n) is 9.27. The SMILES string of the molecule is CC[C@@]12C=C[C@H](O)C1C1C=CC2C1.OC[C@]12C=C[C@@H](O)C1C1C=CC2C1. The Kier molecular flexibility index (Phi) is 3.70. The lowest BCUT2D eigenvalue weighted by molar-refractivity contribution is 0.0430. The predicted molar refractivity (Wildman–Crippen MR) is 101 cm³/mol. The van der Waals surface area contributed by atoms with Gasteiger partial charge in [-0.1, -0.05) is 55.5 Å². The lowest BCUT2D eigenvalue weighted by atomic mass is 9.68. The Morgan fingerprint density at radius 3 is 1.73 bits per heavy atom. The summed E-state index contributed by atoms with van der Waals surface area (Å²) in [5.41, 5.74) is 0.192. The van der Waals surface area contributed by atoms with E-state index in [9.17, 15) is 15.3 Å². The molecule has 0 spiro atoms. The van der Waals surface area contributed by atoms with Crippen molar-refractivity contribution in [1.29, 1.82) is 0 Å². The molecule has 2 saturated carbocycles. The second kappa shape index (κ2) is 5.67. The first-order valence-electron chi connectivity index (χ1n) is 10.3. The van der Waals surface area contributed by atoms with E-state index in [0.717, 1.165) is 6.42 Å². The Labute approximate surface area is 155 Å². The van der Waals surface area contributed by atoms with E-state index in [0.29, 0.717) is 35.0 Å². The van der Waals surface area contributed by atoms with Gasteiger partial charge in [-0.2, -0.15) is 0 Å². The molecule has 3 heteroatoms. The summed E-state index contributed by atoms with van der Waals surface area (Å²) in [7, 11) is 0. The van der Waals surface area contributed by atoms with E-state index in [4.69, 9.17) is 0 Å². The Hall–Kier alpha value is -1.16. The van der Waals surface area contributed by atoms with Crippen molar-refractivity contribution in [2.45, 2.75) is 38.4 Å². The lowest BCUT2D eigenvalue weighted by Gasteiger charge is -2.36. The molecule has 0 saturated heterocycles. The van der Waals surface area contributed by atoms with Crippen LogP contribution in [-0.2, 0) is 0 Å². The standard InChI is InChI=1S/C12H16O.C11H14O2/c1-2-12-6-5-10(13)11(12)8-3-4-9(12)7-8;12-6-11-4-3-9(13)10(11)7-1-2-8(11)5-7/h3-6,8-11,13H,2,7H2,1H3;1-4,7-10,12-13H,5-6H2/t8?,9?,10-,11?,12-;7?,8?,9-,10?,11+/m01/s1. The minimum Gasteiger partial charge on any atom is -0.395 e. The Morgan fingerprint density at radius 1 is 0.769 bits per heavy atom. The molecule has 0 aromatic carbocycles. The topological polar surface area (TPSA) is 60.7 Å². The van der Waals surface area contributed by atoms with Crippen molar-refractivity contribution in [3.05, 3.63) is 48.6 Å². The van der Waals surface area contributed by atoms with Crippen LogP contribution in [0.2, 0.25) is 0 Å². The van der Waals surface area contributed by atoms with Gasteiger partial charge in [0.25, 0.3) is 0 Å². The molecule has 0 aromatic rings. The highest BCUT2D eigenvalue weighted by atomic mass is 16.3. The third-order valence-corrected chi connectivity index (χ3v) is 8.61. The van der Waals surface area contributed by atoms with E-state index in [1.807, 2.05) is 18.2 Å². The van der Waals surface area contributed by atoms with Crippen molar-refractivity contribution in [2.75, 3.05) is 6.61 Å². The van der Waals surface area contributed by atoms with E-state index >= 15 is 0 Å². The molecule has 3 nitrogen and oxygen atoms in total. The van der Waals surface area contributed by atoms with Gasteiger partial charge in [-0.25, -0.2) is 0 Å². The lowest BCUT2D eigenvalue weighted by Crippen LogP contribution is -2.37. The van der Waals surface area contributed by atoms with Crippen molar-refractivity contribution < 1.29 is 15.3 Å². The summed E-state index contributed by atoms with van der Waals surface area (Å²) in [4.78, 5) is 0. The van der Waals surface area contributed by atoms with Crippen molar-refractivity contribution in [3.8, 4) is 0 Å². The molecule has 0 amide bonds. The predicted octanol–water partition coefficient (Wildman–Crippen LogP) is 2.85. The van der Waals surface area contributed by atoms with Crippen LogP contribution in [0, 0.1) is 46.3 Å². The highest BCUT2D eigenvalue weighted by molar-refractivity contribution is 5.32. The van der Waals surface area contributed by atoms with Gasteiger partial charge in [0.1, 0.15) is 0 Å². The maximum absolute atomic E-state index is 9.90. The minimum absolute atomic E-state index is 0.126. The van der Waals surface area contributed by atoms with Crippen LogP contribution in [0.3, 0.4) is 0 Å². The van der Waals surface area contributed by atoms with Crippen molar-refractivity contribution in [1.82, 2.24) is 0 Å². The zero-order chi connectivity index (χ0) is 18.1. The van der Waals surface area contributed by atoms with Gasteiger partial charge in [0, 0.05) is 22.7 Å². The molecule has 4 bridgehead atoms. The van der Waals surface area contributed by atoms with E-state index in [-0.39, 0.29) is 30.1 Å². The molecule has 2 fully saturated rings. The minimum atomic E-state index is -0.341. The van der Waals surface area contributed by atoms with Gasteiger partial charge in [0.15, 0.2) is 0 Å². The van der Waals surface area contributed by atoms with Gasteiger partial charge in [0.05, 0.1) is 18.8 Å². The third kappa shape index (κ3) is 1.95. The summed E-state index contributed by atoms with van der Waals surface area (Å²) in [6.07, 6.45) is 20.3. The summed E-state index contributed by atoms with van der Waals surface area (Å²) in [5, 5.41) is 29.2. The summed E-state index contributed by atoms with van der Waals surface area (Å²) in [6.45, 7) is 2.43. The van der Waals surface area contributed by atoms with Crippen LogP contribution in [0.5, 0.6) is 0 Å². The quantitative estimate of drug-likeness (QED) is 0.668. The number of aliphatic hydroxyl groups is 3. The average molecular weight is 354 g/mol. The Balaban J connectivity index is 0.000000115. The number of fused-ring (bicyclic) bond motifs is 10. The van der Waals surface area contributed by atoms with Gasteiger partial charge in [0.2, 0.25) is 0 Å². The van der Waals surface area contributed by atoms with E-state index in [1.54, 1.807) is 0 Å². The number of aliphatic hydroxyl groups excluding tert-OH is 3. The first-order valence-corrected chi connectivity index (χ1v) is 10.3. The maximum atomic E-state index is 9.90. The van der Waals surface area contributed by atoms with Crippen LogP contribution < -0.4 is 0 Å². The fourth-order valence-electron chi connectivity index (χ4n) is 7.37. The zero-order valence-electron chi connectivity index (χ0n) is 15.4. The summed E-state index contributed by atoms with van der Waals surface area (Å²) < 4.78 is 0. The van der Waals surface area contributed by atoms with Crippen LogP contribution in [0.4, 0.5) is 0 Å². The van der Waals surface area contributed by atoms with Gasteiger partial charge in [-0.15, -0.1) is 0 Å². The highest BCUT2D eigenvalue weighted by Crippen LogP contribution is 2.62. The molecule has 6 aliphatic carbocycles.